The minimum atomic E-state index is 0.276. The van der Waals surface area contributed by atoms with Crippen molar-refractivity contribution in [1.29, 1.82) is 0 Å². The van der Waals surface area contributed by atoms with Crippen molar-refractivity contribution in [2.45, 2.75) is 39.2 Å². The van der Waals surface area contributed by atoms with Crippen LogP contribution in [0.15, 0.2) is 164 Å². The summed E-state index contributed by atoms with van der Waals surface area (Å²) in [5.74, 6) is 2.07. The van der Waals surface area contributed by atoms with Gasteiger partial charge in [-0.05, 0) is 78.1 Å². The second kappa shape index (κ2) is 16.8. The minimum Gasteiger partial charge on any atom is -0.325 e. The molecule has 0 unspecified atom stereocenters. The van der Waals surface area contributed by atoms with Gasteiger partial charge in [0.15, 0.2) is 17.5 Å². The molecule has 53 heavy (non-hydrogen) atoms. The van der Waals surface area contributed by atoms with Crippen molar-refractivity contribution in [2.24, 2.45) is 5.73 Å². The van der Waals surface area contributed by atoms with Crippen LogP contribution in [-0.2, 0) is 6.54 Å². The van der Waals surface area contributed by atoms with Crippen molar-refractivity contribution in [3.05, 3.63) is 187 Å². The molecule has 7 rings (SSSR count). The van der Waals surface area contributed by atoms with E-state index in [9.17, 15) is 0 Å². The Morgan fingerprint density at radius 3 is 1.98 bits per heavy atom. The number of hydrogen-bond acceptors (Lipinski definition) is 5. The molecular weight excluding hydrogens is 647 g/mol. The lowest BCUT2D eigenvalue weighted by Gasteiger charge is -2.16. The van der Waals surface area contributed by atoms with E-state index in [2.05, 4.69) is 97.6 Å². The standard InChI is InChI=1S/C48H43N5/c1-3-35(36-17-8-4-9-18-36)29-27-34(2)28-30-42-43(32-44(50-45(42)33-49)37-19-10-5-11-20-37)40-25-16-26-41(31-40)48-52-46(38-21-12-6-13-22-38)51-47(53-48)39-23-14-7-15-24-39/h3-6,8-13,16-23,25-32H,2,7,14-15,24,33,49H2,1H3/b29-27-,30-28-,35-3+. The molecule has 0 amide bonds. The van der Waals surface area contributed by atoms with Crippen LogP contribution in [0.2, 0.25) is 0 Å². The number of nitrogens with two attached hydrogens (primary N) is 1. The molecule has 5 heteroatoms. The predicted octanol–water partition coefficient (Wildman–Crippen LogP) is 11.6. The molecule has 0 saturated heterocycles. The molecule has 1 aliphatic carbocycles. The van der Waals surface area contributed by atoms with E-state index >= 15 is 0 Å². The number of hydrogen-bond donors (Lipinski definition) is 1. The topological polar surface area (TPSA) is 77.6 Å². The minimum absolute atomic E-state index is 0.276. The summed E-state index contributed by atoms with van der Waals surface area (Å²) in [6, 6.07) is 41.3. The van der Waals surface area contributed by atoms with E-state index in [0.29, 0.717) is 11.6 Å². The molecule has 0 aliphatic heterocycles. The fourth-order valence-corrected chi connectivity index (χ4v) is 6.61. The summed E-state index contributed by atoms with van der Waals surface area (Å²) in [4.78, 5) is 20.1. The Morgan fingerprint density at radius 2 is 1.30 bits per heavy atom. The van der Waals surface area contributed by atoms with Gasteiger partial charge in [-0.1, -0.05) is 152 Å². The lowest BCUT2D eigenvalue weighted by molar-refractivity contribution is 0.736. The molecule has 4 aromatic carbocycles. The number of aromatic nitrogens is 4. The van der Waals surface area contributed by atoms with E-state index in [1.165, 1.54) is 12.0 Å². The first kappa shape index (κ1) is 35.1. The molecule has 0 bridgehead atoms. The van der Waals surface area contributed by atoms with E-state index < -0.39 is 0 Å². The Morgan fingerprint density at radius 1 is 0.660 bits per heavy atom. The van der Waals surface area contributed by atoms with Crippen LogP contribution in [-0.4, -0.2) is 19.9 Å². The maximum atomic E-state index is 6.44. The van der Waals surface area contributed by atoms with Gasteiger partial charge in [-0.2, -0.15) is 0 Å². The van der Waals surface area contributed by atoms with E-state index in [4.69, 9.17) is 25.7 Å². The van der Waals surface area contributed by atoms with Crippen LogP contribution in [0.5, 0.6) is 0 Å². The van der Waals surface area contributed by atoms with Gasteiger partial charge in [-0.25, -0.2) is 15.0 Å². The average Bonchev–Trinajstić information content (AvgIpc) is 3.24. The van der Waals surface area contributed by atoms with Crippen LogP contribution in [0.3, 0.4) is 0 Å². The Bertz CT molecular complexity index is 2340. The zero-order valence-electron chi connectivity index (χ0n) is 30.1. The van der Waals surface area contributed by atoms with E-state index in [-0.39, 0.29) is 6.54 Å². The monoisotopic (exact) mass is 689 g/mol. The van der Waals surface area contributed by atoms with Crippen LogP contribution >= 0.6 is 0 Å². The predicted molar refractivity (Wildman–Crippen MR) is 221 cm³/mol. The van der Waals surface area contributed by atoms with Crippen LogP contribution in [0.1, 0.15) is 55.3 Å². The molecule has 5 nitrogen and oxygen atoms in total. The van der Waals surface area contributed by atoms with Gasteiger partial charge in [0.2, 0.25) is 0 Å². The first-order valence-corrected chi connectivity index (χ1v) is 18.3. The molecular formula is C48H43N5. The Labute approximate surface area is 312 Å². The van der Waals surface area contributed by atoms with E-state index in [1.807, 2.05) is 73.7 Å². The summed E-state index contributed by atoms with van der Waals surface area (Å²) in [6.07, 6.45) is 17.0. The summed E-state index contributed by atoms with van der Waals surface area (Å²) in [5.41, 5.74) is 18.3. The first-order chi connectivity index (χ1) is 26.1. The SMILES string of the molecule is C=C(/C=C\C(=C/C)c1ccccc1)/C=C\c1c(-c2cccc(-c3nc(C4=CCCCC4)nc(-c4ccccc4)n3)c2)cc(-c2ccccc2)nc1CN. The molecule has 2 aromatic heterocycles. The van der Waals surface area contributed by atoms with Crippen molar-refractivity contribution in [1.82, 2.24) is 19.9 Å². The Kier molecular flexibility index (Phi) is 11.1. The molecule has 0 radical (unpaired) electrons. The third-order valence-electron chi connectivity index (χ3n) is 9.44. The number of nitrogens with zero attached hydrogens (tertiary/aromatic N) is 4. The smallest absolute Gasteiger partial charge is 0.164 e. The maximum absolute atomic E-state index is 6.44. The lowest BCUT2D eigenvalue weighted by atomic mass is 9.94. The Balaban J connectivity index is 1.32. The van der Waals surface area contributed by atoms with Crippen molar-refractivity contribution >= 4 is 17.2 Å². The van der Waals surface area contributed by atoms with Crippen molar-refractivity contribution in [3.63, 3.8) is 0 Å². The van der Waals surface area contributed by atoms with Gasteiger partial charge in [0.25, 0.3) is 0 Å². The largest absolute Gasteiger partial charge is 0.325 e. The summed E-state index contributed by atoms with van der Waals surface area (Å²) in [6.45, 7) is 6.67. The maximum Gasteiger partial charge on any atom is 0.164 e. The molecule has 1 aliphatic rings. The van der Waals surface area contributed by atoms with Gasteiger partial charge in [-0.3, -0.25) is 4.98 Å². The van der Waals surface area contributed by atoms with E-state index in [1.54, 1.807) is 0 Å². The number of rotatable bonds is 11. The summed E-state index contributed by atoms with van der Waals surface area (Å²) >= 11 is 0. The Hall–Kier alpha value is -6.30. The second-order valence-corrected chi connectivity index (χ2v) is 13.1. The van der Waals surface area contributed by atoms with Crippen LogP contribution < -0.4 is 5.73 Å². The van der Waals surface area contributed by atoms with Gasteiger partial charge in [0.05, 0.1) is 11.4 Å². The van der Waals surface area contributed by atoms with Gasteiger partial charge < -0.3 is 5.73 Å². The molecule has 260 valence electrons. The van der Waals surface area contributed by atoms with Gasteiger partial charge in [0.1, 0.15) is 0 Å². The first-order valence-electron chi connectivity index (χ1n) is 18.3. The molecule has 6 aromatic rings. The van der Waals surface area contributed by atoms with Gasteiger partial charge in [-0.15, -0.1) is 0 Å². The molecule has 2 N–H and O–H groups in total. The van der Waals surface area contributed by atoms with Crippen molar-refractivity contribution < 1.29 is 0 Å². The number of benzene rings is 4. The number of allylic oxidation sites excluding steroid dienone is 8. The highest BCUT2D eigenvalue weighted by Gasteiger charge is 2.18. The normalized spacial score (nSPS) is 13.4. The molecule has 0 fully saturated rings. The van der Waals surface area contributed by atoms with Gasteiger partial charge >= 0.3 is 0 Å². The van der Waals surface area contributed by atoms with Crippen LogP contribution in [0.25, 0.3) is 62.4 Å². The van der Waals surface area contributed by atoms with Gasteiger partial charge in [0, 0.05) is 28.8 Å². The highest BCUT2D eigenvalue weighted by atomic mass is 15.0. The van der Waals surface area contributed by atoms with Crippen molar-refractivity contribution in [3.8, 4) is 45.2 Å². The molecule has 0 saturated carbocycles. The molecule has 0 spiro atoms. The molecule has 2 heterocycles. The molecule has 0 atom stereocenters. The third-order valence-corrected chi connectivity index (χ3v) is 9.44. The quantitative estimate of drug-likeness (QED) is 0.137. The van der Waals surface area contributed by atoms with Crippen molar-refractivity contribution in [2.75, 3.05) is 0 Å². The summed E-state index contributed by atoms with van der Waals surface area (Å²) in [7, 11) is 0. The highest BCUT2D eigenvalue weighted by Crippen LogP contribution is 2.35. The van der Waals surface area contributed by atoms with Crippen LogP contribution in [0.4, 0.5) is 0 Å². The van der Waals surface area contributed by atoms with Crippen LogP contribution in [0, 0.1) is 0 Å². The van der Waals surface area contributed by atoms with E-state index in [0.717, 1.165) is 86.6 Å². The second-order valence-electron chi connectivity index (χ2n) is 13.1. The lowest BCUT2D eigenvalue weighted by Crippen LogP contribution is -2.06. The third kappa shape index (κ3) is 8.44. The fourth-order valence-electron chi connectivity index (χ4n) is 6.61. The zero-order valence-corrected chi connectivity index (χ0v) is 30.1. The summed E-state index contributed by atoms with van der Waals surface area (Å²) < 4.78 is 0. The summed E-state index contributed by atoms with van der Waals surface area (Å²) in [5, 5.41) is 0. The highest BCUT2D eigenvalue weighted by molar-refractivity contribution is 5.83. The zero-order chi connectivity index (χ0) is 36.4. The fraction of sp³-hybridized carbons (Fsp3) is 0.125. The number of pyridine rings is 1. The average molecular weight is 690 g/mol.